The molecule has 1 atom stereocenters. The van der Waals surface area contributed by atoms with Gasteiger partial charge in [-0.1, -0.05) is 28.1 Å². The Morgan fingerprint density at radius 3 is 2.20 bits per heavy atom. The number of aliphatic hydroxyl groups is 1. The first-order valence-corrected chi connectivity index (χ1v) is 5.94. The number of benzene rings is 1. The van der Waals surface area contributed by atoms with E-state index in [0.29, 0.717) is 10.4 Å². The molecule has 0 amide bonds. The summed E-state index contributed by atoms with van der Waals surface area (Å²) in [5, 5.41) is 9.97. The Labute approximate surface area is 104 Å². The minimum absolute atomic E-state index is 0.532. The molecule has 1 unspecified atom stereocenters. The molecule has 0 saturated carbocycles. The first-order valence-electron chi connectivity index (χ1n) is 4.35. The van der Waals surface area contributed by atoms with E-state index in [9.17, 15) is 5.11 Å². The van der Waals surface area contributed by atoms with E-state index in [-0.39, 0.29) is 0 Å². The third kappa shape index (κ3) is 2.51. The minimum Gasteiger partial charge on any atom is -0.451 e. The highest BCUT2D eigenvalue weighted by atomic mass is 79.9. The van der Waals surface area contributed by atoms with Crippen molar-refractivity contribution in [2.45, 2.75) is 6.10 Å². The van der Waals surface area contributed by atoms with Gasteiger partial charge in [0.25, 0.3) is 0 Å². The Morgan fingerprint density at radius 2 is 1.67 bits per heavy atom. The molecular weight excluding hydrogens is 324 g/mol. The van der Waals surface area contributed by atoms with E-state index in [0.717, 1.165) is 10.0 Å². The molecule has 1 aromatic carbocycles. The fraction of sp³-hybridized carbons (Fsp3) is 0.0909. The van der Waals surface area contributed by atoms with E-state index in [2.05, 4.69) is 31.9 Å². The molecule has 78 valence electrons. The lowest BCUT2D eigenvalue weighted by Gasteiger charge is -2.07. The molecule has 0 saturated heterocycles. The van der Waals surface area contributed by atoms with E-state index >= 15 is 0 Å². The lowest BCUT2D eigenvalue weighted by atomic mass is 10.1. The third-order valence-corrected chi connectivity index (χ3v) is 3.00. The van der Waals surface area contributed by atoms with Crippen molar-refractivity contribution in [1.82, 2.24) is 0 Å². The number of furan rings is 1. The largest absolute Gasteiger partial charge is 0.451 e. The summed E-state index contributed by atoms with van der Waals surface area (Å²) in [6.45, 7) is 0. The molecule has 2 aromatic rings. The molecule has 0 bridgehead atoms. The second-order valence-electron chi connectivity index (χ2n) is 3.10. The molecular formula is C11H8Br2O2. The first-order chi connectivity index (χ1) is 7.16. The molecule has 1 heterocycles. The average molecular weight is 332 g/mol. The summed E-state index contributed by atoms with van der Waals surface area (Å²) in [6, 6.07) is 11.0. The van der Waals surface area contributed by atoms with Gasteiger partial charge in [-0.3, -0.25) is 0 Å². The smallest absolute Gasteiger partial charge is 0.169 e. The van der Waals surface area contributed by atoms with Crippen LogP contribution in [0.1, 0.15) is 17.4 Å². The highest BCUT2D eigenvalue weighted by Gasteiger charge is 2.13. The van der Waals surface area contributed by atoms with Gasteiger partial charge >= 0.3 is 0 Å². The maximum absolute atomic E-state index is 9.97. The fourth-order valence-electron chi connectivity index (χ4n) is 1.28. The molecule has 4 heteroatoms. The Balaban J connectivity index is 2.28. The van der Waals surface area contributed by atoms with Crippen LogP contribution in [0.4, 0.5) is 0 Å². The molecule has 2 nitrogen and oxygen atoms in total. The maximum atomic E-state index is 9.97. The van der Waals surface area contributed by atoms with Crippen LogP contribution in [0.5, 0.6) is 0 Å². The summed E-state index contributed by atoms with van der Waals surface area (Å²) in [6.07, 6.45) is -0.718. The summed E-state index contributed by atoms with van der Waals surface area (Å²) < 4.78 is 6.89. The number of hydrogen-bond donors (Lipinski definition) is 1. The van der Waals surface area contributed by atoms with Crippen molar-refractivity contribution in [3.8, 4) is 0 Å². The molecule has 0 aliphatic carbocycles. The molecule has 0 aliphatic heterocycles. The normalized spacial score (nSPS) is 12.7. The SMILES string of the molecule is OC(c1ccc(Br)cc1)c1ccc(Br)o1. The van der Waals surface area contributed by atoms with Crippen molar-refractivity contribution in [1.29, 1.82) is 0 Å². The summed E-state index contributed by atoms with van der Waals surface area (Å²) in [5.41, 5.74) is 0.806. The molecule has 0 fully saturated rings. The summed E-state index contributed by atoms with van der Waals surface area (Å²) >= 11 is 6.54. The van der Waals surface area contributed by atoms with Crippen molar-refractivity contribution < 1.29 is 9.52 Å². The summed E-state index contributed by atoms with van der Waals surface area (Å²) in [4.78, 5) is 0. The second-order valence-corrected chi connectivity index (χ2v) is 4.79. The predicted molar refractivity (Wildman–Crippen MR) is 64.6 cm³/mol. The Morgan fingerprint density at radius 1 is 1.00 bits per heavy atom. The maximum Gasteiger partial charge on any atom is 0.169 e. The van der Waals surface area contributed by atoms with Crippen molar-refractivity contribution in [2.24, 2.45) is 0 Å². The van der Waals surface area contributed by atoms with Gasteiger partial charge in [-0.15, -0.1) is 0 Å². The van der Waals surface area contributed by atoms with Crippen LogP contribution in [0.2, 0.25) is 0 Å². The molecule has 1 N–H and O–H groups in total. The standard InChI is InChI=1S/C11H8Br2O2/c12-8-3-1-7(2-4-8)11(14)9-5-6-10(13)15-9/h1-6,11,14H. The van der Waals surface area contributed by atoms with Gasteiger partial charge in [-0.05, 0) is 45.8 Å². The van der Waals surface area contributed by atoms with E-state index in [1.54, 1.807) is 12.1 Å². The van der Waals surface area contributed by atoms with Gasteiger partial charge in [0.2, 0.25) is 0 Å². The molecule has 0 spiro atoms. The van der Waals surface area contributed by atoms with Crippen LogP contribution in [0.15, 0.2) is 50.0 Å². The first kappa shape index (κ1) is 10.9. The number of aliphatic hydroxyl groups excluding tert-OH is 1. The predicted octanol–water partition coefficient (Wildman–Crippen LogP) is 3.89. The van der Waals surface area contributed by atoms with Gasteiger partial charge in [0.1, 0.15) is 11.9 Å². The van der Waals surface area contributed by atoms with Crippen molar-refractivity contribution >= 4 is 31.9 Å². The lowest BCUT2D eigenvalue weighted by Crippen LogP contribution is -1.97. The summed E-state index contributed by atoms with van der Waals surface area (Å²) in [5.74, 6) is 0.532. The molecule has 15 heavy (non-hydrogen) atoms. The van der Waals surface area contributed by atoms with Crippen LogP contribution in [-0.4, -0.2) is 5.11 Å². The molecule has 0 radical (unpaired) electrons. The zero-order valence-corrected chi connectivity index (χ0v) is 10.8. The van der Waals surface area contributed by atoms with Crippen molar-refractivity contribution in [2.75, 3.05) is 0 Å². The van der Waals surface area contributed by atoms with E-state index in [1.165, 1.54) is 0 Å². The highest BCUT2D eigenvalue weighted by molar-refractivity contribution is 9.10. The van der Waals surface area contributed by atoms with Gasteiger partial charge in [0, 0.05) is 4.47 Å². The van der Waals surface area contributed by atoms with Crippen LogP contribution in [0.3, 0.4) is 0 Å². The van der Waals surface area contributed by atoms with Gasteiger partial charge in [0.15, 0.2) is 4.67 Å². The van der Waals surface area contributed by atoms with Crippen molar-refractivity contribution in [3.05, 3.63) is 56.9 Å². The Hall–Kier alpha value is -0.580. The van der Waals surface area contributed by atoms with Gasteiger partial charge in [-0.2, -0.15) is 0 Å². The topological polar surface area (TPSA) is 33.4 Å². The van der Waals surface area contributed by atoms with Crippen LogP contribution < -0.4 is 0 Å². The molecule has 0 aliphatic rings. The zero-order chi connectivity index (χ0) is 10.8. The number of halogens is 2. The van der Waals surface area contributed by atoms with E-state index in [1.807, 2.05) is 24.3 Å². The Kier molecular flexibility index (Phi) is 3.29. The molecule has 2 rings (SSSR count). The second kappa shape index (κ2) is 4.51. The lowest BCUT2D eigenvalue weighted by molar-refractivity contribution is 0.187. The van der Waals surface area contributed by atoms with Gasteiger partial charge in [-0.25, -0.2) is 0 Å². The number of hydrogen-bond acceptors (Lipinski definition) is 2. The zero-order valence-electron chi connectivity index (χ0n) is 7.65. The van der Waals surface area contributed by atoms with Crippen LogP contribution in [0.25, 0.3) is 0 Å². The highest BCUT2D eigenvalue weighted by Crippen LogP contribution is 2.26. The summed E-state index contributed by atoms with van der Waals surface area (Å²) in [7, 11) is 0. The third-order valence-electron chi connectivity index (χ3n) is 2.05. The minimum atomic E-state index is -0.718. The van der Waals surface area contributed by atoms with E-state index < -0.39 is 6.10 Å². The Bertz CT molecular complexity index is 448. The van der Waals surface area contributed by atoms with Gasteiger partial charge in [0.05, 0.1) is 0 Å². The van der Waals surface area contributed by atoms with Crippen LogP contribution >= 0.6 is 31.9 Å². The monoisotopic (exact) mass is 330 g/mol. The van der Waals surface area contributed by atoms with Crippen LogP contribution in [-0.2, 0) is 0 Å². The van der Waals surface area contributed by atoms with Crippen LogP contribution in [0, 0.1) is 0 Å². The van der Waals surface area contributed by atoms with E-state index in [4.69, 9.17) is 4.42 Å². The quantitative estimate of drug-likeness (QED) is 0.905. The number of rotatable bonds is 2. The fourth-order valence-corrected chi connectivity index (χ4v) is 1.87. The van der Waals surface area contributed by atoms with Gasteiger partial charge < -0.3 is 9.52 Å². The average Bonchev–Trinajstić information content (AvgIpc) is 2.65. The van der Waals surface area contributed by atoms with Crippen molar-refractivity contribution in [3.63, 3.8) is 0 Å². The molecule has 1 aromatic heterocycles.